The number of rotatable bonds is 5. The van der Waals surface area contributed by atoms with Gasteiger partial charge in [-0.05, 0) is 17.5 Å². The molecule has 0 spiro atoms. The van der Waals surface area contributed by atoms with Crippen LogP contribution < -0.4 is 10.1 Å². The summed E-state index contributed by atoms with van der Waals surface area (Å²) in [5.41, 5.74) is 0.533. The maximum atomic E-state index is 10.9. The Bertz CT molecular complexity index is 438. The van der Waals surface area contributed by atoms with Gasteiger partial charge in [-0.25, -0.2) is 0 Å². The van der Waals surface area contributed by atoms with Gasteiger partial charge in [-0.1, -0.05) is 32.0 Å². The summed E-state index contributed by atoms with van der Waals surface area (Å²) in [6.45, 7) is 5.38. The largest absolute Gasteiger partial charge is 0.484 e. The van der Waals surface area contributed by atoms with Crippen LogP contribution in [0, 0.1) is 0 Å². The summed E-state index contributed by atoms with van der Waals surface area (Å²) in [6, 6.07) is 7.84. The number of aliphatic carboxylic acids is 1. The van der Waals surface area contributed by atoms with Crippen LogP contribution >= 0.6 is 0 Å². The van der Waals surface area contributed by atoms with E-state index in [4.69, 9.17) is 9.84 Å². The molecule has 2 N–H and O–H groups in total. The predicted octanol–water partition coefficient (Wildman–Crippen LogP) is 2.01. The molecule has 0 saturated carbocycles. The molecule has 0 atom stereocenters. The SMILES string of the molecule is CC(C)c1ccccc1OC1(CC(=O)O)CNC1. The second-order valence-electron chi connectivity index (χ2n) is 5.15. The van der Waals surface area contributed by atoms with E-state index in [1.807, 2.05) is 24.3 Å². The highest BCUT2D eigenvalue weighted by atomic mass is 16.5. The molecular formula is C14H19NO3. The summed E-state index contributed by atoms with van der Waals surface area (Å²) in [7, 11) is 0. The molecule has 1 heterocycles. The number of hydrogen-bond acceptors (Lipinski definition) is 3. The molecule has 1 aromatic rings. The zero-order chi connectivity index (χ0) is 13.2. The molecule has 1 aromatic carbocycles. The van der Waals surface area contributed by atoms with Crippen molar-refractivity contribution in [1.82, 2.24) is 5.32 Å². The maximum absolute atomic E-state index is 10.9. The van der Waals surface area contributed by atoms with Crippen LogP contribution in [0.25, 0.3) is 0 Å². The average Bonchev–Trinajstić information content (AvgIpc) is 2.26. The van der Waals surface area contributed by atoms with Gasteiger partial charge in [0.05, 0.1) is 6.42 Å². The predicted molar refractivity (Wildman–Crippen MR) is 69.0 cm³/mol. The Morgan fingerprint density at radius 3 is 2.61 bits per heavy atom. The van der Waals surface area contributed by atoms with Crippen molar-refractivity contribution in [2.24, 2.45) is 0 Å². The van der Waals surface area contributed by atoms with Crippen LogP contribution in [0.2, 0.25) is 0 Å². The summed E-state index contributed by atoms with van der Waals surface area (Å²) in [5.74, 6) is 0.338. The minimum atomic E-state index is -0.821. The minimum absolute atomic E-state index is 0.0342. The van der Waals surface area contributed by atoms with Crippen LogP contribution in [0.15, 0.2) is 24.3 Å². The third kappa shape index (κ3) is 2.64. The first-order valence-electron chi connectivity index (χ1n) is 6.23. The Hall–Kier alpha value is -1.55. The first-order valence-corrected chi connectivity index (χ1v) is 6.23. The second kappa shape index (κ2) is 4.98. The molecule has 98 valence electrons. The van der Waals surface area contributed by atoms with Crippen molar-refractivity contribution in [1.29, 1.82) is 0 Å². The number of para-hydroxylation sites is 1. The highest BCUT2D eigenvalue weighted by Gasteiger charge is 2.42. The molecule has 4 nitrogen and oxygen atoms in total. The number of benzene rings is 1. The quantitative estimate of drug-likeness (QED) is 0.838. The van der Waals surface area contributed by atoms with Gasteiger partial charge in [0.2, 0.25) is 0 Å². The molecule has 0 radical (unpaired) electrons. The highest BCUT2D eigenvalue weighted by Crippen LogP contribution is 2.31. The molecule has 2 rings (SSSR count). The molecule has 4 heteroatoms. The zero-order valence-electron chi connectivity index (χ0n) is 10.8. The normalized spacial score (nSPS) is 17.3. The molecule has 0 aromatic heterocycles. The molecular weight excluding hydrogens is 230 g/mol. The lowest BCUT2D eigenvalue weighted by Gasteiger charge is -2.42. The van der Waals surface area contributed by atoms with E-state index in [0.717, 1.165) is 11.3 Å². The molecule has 1 aliphatic rings. The van der Waals surface area contributed by atoms with Crippen LogP contribution in [-0.4, -0.2) is 29.8 Å². The maximum Gasteiger partial charge on any atom is 0.307 e. The smallest absolute Gasteiger partial charge is 0.307 e. The Morgan fingerprint density at radius 2 is 2.11 bits per heavy atom. The van der Waals surface area contributed by atoms with Crippen LogP contribution in [0.3, 0.4) is 0 Å². The summed E-state index contributed by atoms with van der Waals surface area (Å²) in [6.07, 6.45) is 0.0342. The first-order chi connectivity index (χ1) is 8.52. The summed E-state index contributed by atoms with van der Waals surface area (Å²) < 4.78 is 6.00. The van der Waals surface area contributed by atoms with E-state index >= 15 is 0 Å². The second-order valence-corrected chi connectivity index (χ2v) is 5.15. The molecule has 1 saturated heterocycles. The average molecular weight is 249 g/mol. The number of nitrogens with one attached hydrogen (secondary N) is 1. The van der Waals surface area contributed by atoms with Gasteiger partial charge in [-0.15, -0.1) is 0 Å². The number of carboxylic acid groups (broad SMARTS) is 1. The molecule has 1 aliphatic heterocycles. The van der Waals surface area contributed by atoms with Crippen molar-refractivity contribution >= 4 is 5.97 Å². The Labute approximate surface area is 107 Å². The van der Waals surface area contributed by atoms with Crippen molar-refractivity contribution < 1.29 is 14.6 Å². The zero-order valence-corrected chi connectivity index (χ0v) is 10.8. The summed E-state index contributed by atoms with van der Waals surface area (Å²) in [4.78, 5) is 10.9. The van der Waals surface area contributed by atoms with Gasteiger partial charge in [-0.3, -0.25) is 4.79 Å². The molecule has 0 amide bonds. The molecule has 1 fully saturated rings. The molecule has 0 bridgehead atoms. The fourth-order valence-corrected chi connectivity index (χ4v) is 2.20. The van der Waals surface area contributed by atoms with E-state index in [-0.39, 0.29) is 6.42 Å². The lowest BCUT2D eigenvalue weighted by atomic mass is 9.92. The van der Waals surface area contributed by atoms with Crippen LogP contribution in [0.5, 0.6) is 5.75 Å². The van der Waals surface area contributed by atoms with E-state index in [9.17, 15) is 4.79 Å². The Kier molecular flexibility index (Phi) is 3.57. The van der Waals surface area contributed by atoms with E-state index in [0.29, 0.717) is 19.0 Å². The van der Waals surface area contributed by atoms with E-state index in [2.05, 4.69) is 19.2 Å². The highest BCUT2D eigenvalue weighted by molar-refractivity contribution is 5.68. The number of carbonyl (C=O) groups is 1. The lowest BCUT2D eigenvalue weighted by molar-refractivity contribution is -0.143. The van der Waals surface area contributed by atoms with Crippen molar-refractivity contribution in [2.75, 3.05) is 13.1 Å². The molecule has 0 aliphatic carbocycles. The first kappa shape index (κ1) is 12.9. The summed E-state index contributed by atoms with van der Waals surface area (Å²) in [5, 5.41) is 12.1. The third-order valence-electron chi connectivity index (χ3n) is 3.24. The molecule has 18 heavy (non-hydrogen) atoms. The fraction of sp³-hybridized carbons (Fsp3) is 0.500. The summed E-state index contributed by atoms with van der Waals surface area (Å²) >= 11 is 0. The fourth-order valence-electron chi connectivity index (χ4n) is 2.20. The van der Waals surface area contributed by atoms with Crippen molar-refractivity contribution in [3.8, 4) is 5.75 Å². The van der Waals surface area contributed by atoms with Crippen LogP contribution in [0.1, 0.15) is 31.7 Å². The van der Waals surface area contributed by atoms with Crippen LogP contribution in [0.4, 0.5) is 0 Å². The number of carboxylic acids is 1. The Morgan fingerprint density at radius 1 is 1.44 bits per heavy atom. The van der Waals surface area contributed by atoms with Gasteiger partial charge in [-0.2, -0.15) is 0 Å². The van der Waals surface area contributed by atoms with Gasteiger partial charge in [0.15, 0.2) is 0 Å². The van der Waals surface area contributed by atoms with Crippen molar-refractivity contribution in [3.63, 3.8) is 0 Å². The van der Waals surface area contributed by atoms with Gasteiger partial charge < -0.3 is 15.2 Å². The minimum Gasteiger partial charge on any atom is -0.484 e. The third-order valence-corrected chi connectivity index (χ3v) is 3.24. The van der Waals surface area contributed by atoms with E-state index in [1.165, 1.54) is 0 Å². The number of hydrogen-bond donors (Lipinski definition) is 2. The van der Waals surface area contributed by atoms with E-state index in [1.54, 1.807) is 0 Å². The Balaban J connectivity index is 2.19. The van der Waals surface area contributed by atoms with Gasteiger partial charge in [0.1, 0.15) is 11.4 Å². The van der Waals surface area contributed by atoms with Crippen molar-refractivity contribution in [2.45, 2.75) is 31.8 Å². The number of ether oxygens (including phenoxy) is 1. The topological polar surface area (TPSA) is 58.6 Å². The standard InChI is InChI=1S/C14H19NO3/c1-10(2)11-5-3-4-6-12(11)18-14(7-13(16)17)8-15-9-14/h3-6,10,15H,7-9H2,1-2H3,(H,16,17). The van der Waals surface area contributed by atoms with Gasteiger partial charge in [0.25, 0.3) is 0 Å². The monoisotopic (exact) mass is 249 g/mol. The van der Waals surface area contributed by atoms with Crippen molar-refractivity contribution in [3.05, 3.63) is 29.8 Å². The van der Waals surface area contributed by atoms with Gasteiger partial charge in [0, 0.05) is 13.1 Å². The van der Waals surface area contributed by atoms with Crippen LogP contribution in [-0.2, 0) is 4.79 Å². The molecule has 0 unspecified atom stereocenters. The lowest BCUT2D eigenvalue weighted by Crippen LogP contribution is -2.64. The van der Waals surface area contributed by atoms with Gasteiger partial charge >= 0.3 is 5.97 Å². The van der Waals surface area contributed by atoms with E-state index < -0.39 is 11.6 Å².